The summed E-state index contributed by atoms with van der Waals surface area (Å²) in [6.45, 7) is 3.77. The first-order valence-electron chi connectivity index (χ1n) is 12.2. The lowest BCUT2D eigenvalue weighted by Crippen LogP contribution is -2.48. The van der Waals surface area contributed by atoms with E-state index in [0.717, 1.165) is 0 Å². The number of hydrogen-bond acceptors (Lipinski definition) is 7. The van der Waals surface area contributed by atoms with Gasteiger partial charge in [0.05, 0.1) is 29.7 Å². The van der Waals surface area contributed by atoms with Crippen molar-refractivity contribution in [3.8, 4) is 0 Å². The van der Waals surface area contributed by atoms with Crippen molar-refractivity contribution in [2.45, 2.75) is 32.2 Å². The number of aromatic nitrogens is 3. The van der Waals surface area contributed by atoms with Gasteiger partial charge in [-0.3, -0.25) is 9.59 Å². The Balaban J connectivity index is 1.47. The number of amides is 3. The molecule has 13 heteroatoms. The molecule has 3 aromatic rings. The molecule has 2 aromatic heterocycles. The van der Waals surface area contributed by atoms with Crippen molar-refractivity contribution in [2.24, 2.45) is 0 Å². The molecule has 5 rings (SSSR count). The van der Waals surface area contributed by atoms with E-state index >= 15 is 0 Å². The molecule has 0 saturated carbocycles. The van der Waals surface area contributed by atoms with E-state index < -0.39 is 23.8 Å². The van der Waals surface area contributed by atoms with Crippen molar-refractivity contribution in [1.29, 1.82) is 0 Å². The van der Waals surface area contributed by atoms with Crippen LogP contribution in [0.15, 0.2) is 36.8 Å². The zero-order chi connectivity index (χ0) is 27.2. The number of fused-ring (bicyclic) bond motifs is 2. The van der Waals surface area contributed by atoms with Gasteiger partial charge in [0, 0.05) is 50.7 Å². The molecule has 1 saturated heterocycles. The van der Waals surface area contributed by atoms with E-state index in [4.69, 9.17) is 0 Å². The fraction of sp³-hybridized carbons (Fsp3) is 0.400. The number of carboxylic acid groups (broad SMARTS) is 1. The third-order valence-corrected chi connectivity index (χ3v) is 6.91. The van der Waals surface area contributed by atoms with Gasteiger partial charge in [-0.2, -0.15) is 5.10 Å². The lowest BCUT2D eigenvalue weighted by atomic mass is 10.0. The smallest absolute Gasteiger partial charge is 0.407 e. The van der Waals surface area contributed by atoms with Gasteiger partial charge in [-0.25, -0.2) is 18.7 Å². The molecule has 200 valence electrons. The number of halogens is 1. The molecule has 2 aliphatic heterocycles. The number of alkyl halides is 1. The number of benzene rings is 1. The molecular weight excluding hydrogens is 497 g/mol. The monoisotopic (exact) mass is 525 g/mol. The zero-order valence-corrected chi connectivity index (χ0v) is 21.0. The highest BCUT2D eigenvalue weighted by Crippen LogP contribution is 2.36. The number of aliphatic hydroxyl groups is 1. The maximum Gasteiger partial charge on any atom is 0.407 e. The number of piperazine rings is 1. The Hall–Kier alpha value is -4.26. The first kappa shape index (κ1) is 25.4. The van der Waals surface area contributed by atoms with E-state index in [1.54, 1.807) is 30.6 Å². The number of carbonyl (C=O) groups is 3. The summed E-state index contributed by atoms with van der Waals surface area (Å²) in [5, 5.41) is 26.4. The van der Waals surface area contributed by atoms with Crippen LogP contribution >= 0.6 is 0 Å². The van der Waals surface area contributed by atoms with Gasteiger partial charge in [0.1, 0.15) is 11.7 Å². The van der Waals surface area contributed by atoms with Crippen molar-refractivity contribution >= 4 is 34.9 Å². The van der Waals surface area contributed by atoms with Gasteiger partial charge in [0.2, 0.25) is 0 Å². The molecule has 3 N–H and O–H groups in total. The standard InChI is InChI=1S/C25H28FN7O5/c1-25(2,38)20(26)14-32-13-15-10-18(29-22(34)17-12-28-33-5-3-4-27-21(17)33)19(11-16(15)23(32)35)30-6-8-31(9-7-30)24(36)37/h3-5,10-12,20,38H,6-9,13-14H2,1-2H3,(H,29,34)(H,36,37)/t20-/m1/s1. The van der Waals surface area contributed by atoms with Crippen LogP contribution in [-0.4, -0.2) is 97.0 Å². The lowest BCUT2D eigenvalue weighted by molar-refractivity contribution is -0.0159. The van der Waals surface area contributed by atoms with E-state index in [2.05, 4.69) is 15.4 Å². The molecule has 4 heterocycles. The maximum atomic E-state index is 14.6. The van der Waals surface area contributed by atoms with Crippen molar-refractivity contribution in [3.05, 3.63) is 53.5 Å². The Bertz CT molecular complexity index is 1410. The van der Waals surface area contributed by atoms with Crippen LogP contribution in [0.4, 0.5) is 20.6 Å². The highest BCUT2D eigenvalue weighted by Gasteiger charge is 2.36. The maximum absolute atomic E-state index is 14.6. The Kier molecular flexibility index (Phi) is 6.39. The molecule has 38 heavy (non-hydrogen) atoms. The number of carbonyl (C=O) groups excluding carboxylic acids is 2. The minimum Gasteiger partial charge on any atom is -0.465 e. The summed E-state index contributed by atoms with van der Waals surface area (Å²) in [5.74, 6) is -0.821. The molecule has 0 radical (unpaired) electrons. The lowest BCUT2D eigenvalue weighted by Gasteiger charge is -2.35. The molecule has 0 bridgehead atoms. The predicted molar refractivity (Wildman–Crippen MR) is 135 cm³/mol. The quantitative estimate of drug-likeness (QED) is 0.442. The molecule has 0 spiro atoms. The van der Waals surface area contributed by atoms with Gasteiger partial charge in [0.25, 0.3) is 11.8 Å². The highest BCUT2D eigenvalue weighted by atomic mass is 19.1. The third-order valence-electron chi connectivity index (χ3n) is 6.91. The number of nitrogens with zero attached hydrogens (tertiary/aromatic N) is 6. The van der Waals surface area contributed by atoms with E-state index in [1.807, 2.05) is 4.90 Å². The first-order chi connectivity index (χ1) is 18.0. The fourth-order valence-corrected chi connectivity index (χ4v) is 4.65. The third kappa shape index (κ3) is 4.72. The second kappa shape index (κ2) is 9.56. The Morgan fingerprint density at radius 1 is 1.21 bits per heavy atom. The normalized spacial score (nSPS) is 16.6. The van der Waals surface area contributed by atoms with Crippen molar-refractivity contribution < 1.29 is 29.0 Å². The van der Waals surface area contributed by atoms with Crippen molar-refractivity contribution in [3.63, 3.8) is 0 Å². The molecule has 1 aromatic carbocycles. The summed E-state index contributed by atoms with van der Waals surface area (Å²) in [7, 11) is 0. The van der Waals surface area contributed by atoms with Gasteiger partial charge >= 0.3 is 6.09 Å². The summed E-state index contributed by atoms with van der Waals surface area (Å²) in [6.07, 6.45) is 1.99. The van der Waals surface area contributed by atoms with E-state index in [-0.39, 0.29) is 37.6 Å². The molecule has 1 atom stereocenters. The summed E-state index contributed by atoms with van der Waals surface area (Å²) < 4.78 is 16.1. The number of rotatable bonds is 6. The van der Waals surface area contributed by atoms with Crippen molar-refractivity contribution in [2.75, 3.05) is 42.9 Å². The molecule has 1 fully saturated rings. The first-order valence-corrected chi connectivity index (χ1v) is 12.2. The predicted octanol–water partition coefficient (Wildman–Crippen LogP) is 1.85. The zero-order valence-electron chi connectivity index (χ0n) is 21.0. The van der Waals surface area contributed by atoms with Crippen LogP contribution in [0, 0.1) is 0 Å². The Morgan fingerprint density at radius 2 is 1.95 bits per heavy atom. The summed E-state index contributed by atoms with van der Waals surface area (Å²) in [4.78, 5) is 46.6. The van der Waals surface area contributed by atoms with Crippen LogP contribution in [0.5, 0.6) is 0 Å². The minimum absolute atomic E-state index is 0.124. The van der Waals surface area contributed by atoms with Gasteiger partial charge in [-0.05, 0) is 37.6 Å². The minimum atomic E-state index is -1.65. The largest absolute Gasteiger partial charge is 0.465 e. The van der Waals surface area contributed by atoms with Crippen molar-refractivity contribution in [1.82, 2.24) is 24.4 Å². The number of hydrogen-bond donors (Lipinski definition) is 3. The molecule has 0 unspecified atom stereocenters. The summed E-state index contributed by atoms with van der Waals surface area (Å²) in [5.41, 5.74) is 1.01. The average molecular weight is 526 g/mol. The van der Waals surface area contributed by atoms with Crippen LogP contribution in [0.25, 0.3) is 5.65 Å². The Morgan fingerprint density at radius 3 is 2.63 bits per heavy atom. The molecule has 2 aliphatic rings. The highest BCUT2D eigenvalue weighted by molar-refractivity contribution is 6.10. The molecule has 0 aliphatic carbocycles. The SMILES string of the molecule is CC(C)(O)[C@H](F)CN1Cc2cc(NC(=O)c3cnn4cccnc34)c(N3CCN(C(=O)O)CC3)cc2C1=O. The van der Waals surface area contributed by atoms with Gasteiger partial charge < -0.3 is 30.2 Å². The topological polar surface area (TPSA) is 144 Å². The van der Waals surface area contributed by atoms with Gasteiger partial charge in [-0.1, -0.05) is 0 Å². The Labute approximate surface area is 217 Å². The second-order valence-corrected chi connectivity index (χ2v) is 9.99. The summed E-state index contributed by atoms with van der Waals surface area (Å²) >= 11 is 0. The van der Waals surface area contributed by atoms with Gasteiger partial charge in [0.15, 0.2) is 5.65 Å². The number of anilines is 2. The van der Waals surface area contributed by atoms with Gasteiger partial charge in [-0.15, -0.1) is 0 Å². The second-order valence-electron chi connectivity index (χ2n) is 9.99. The molecule has 12 nitrogen and oxygen atoms in total. The van der Waals surface area contributed by atoms with E-state index in [1.165, 1.54) is 34.4 Å². The summed E-state index contributed by atoms with van der Waals surface area (Å²) in [6, 6.07) is 5.05. The van der Waals surface area contributed by atoms with E-state index in [0.29, 0.717) is 41.2 Å². The number of nitrogens with one attached hydrogen (secondary N) is 1. The van der Waals surface area contributed by atoms with Crippen LogP contribution in [-0.2, 0) is 6.54 Å². The van der Waals surface area contributed by atoms with E-state index in [9.17, 15) is 29.0 Å². The fourth-order valence-electron chi connectivity index (χ4n) is 4.65. The van der Waals surface area contributed by atoms with Crippen LogP contribution in [0.1, 0.15) is 40.1 Å². The molecule has 3 amide bonds. The average Bonchev–Trinajstić information content (AvgIpc) is 3.44. The van der Waals surface area contributed by atoms with Crippen LogP contribution in [0.3, 0.4) is 0 Å². The van der Waals surface area contributed by atoms with Crippen LogP contribution < -0.4 is 10.2 Å². The van der Waals surface area contributed by atoms with Crippen LogP contribution in [0.2, 0.25) is 0 Å². The molecular formula is C25H28FN7O5.